The van der Waals surface area contributed by atoms with E-state index >= 15 is 0 Å². The molecule has 0 amide bonds. The largest absolute Gasteiger partial charge is 0.336 e. The molecule has 22 heavy (non-hydrogen) atoms. The maximum Gasteiger partial charge on any atom is 0.0946 e. The number of rotatable bonds is 7. The smallest absolute Gasteiger partial charge is 0.0946 e. The Kier molecular flexibility index (Phi) is 5.24. The van der Waals surface area contributed by atoms with Gasteiger partial charge >= 0.3 is 0 Å². The van der Waals surface area contributed by atoms with Crippen molar-refractivity contribution in [3.8, 4) is 0 Å². The van der Waals surface area contributed by atoms with E-state index in [0.717, 1.165) is 26.2 Å². The fourth-order valence-corrected chi connectivity index (χ4v) is 3.12. The highest BCUT2D eigenvalue weighted by molar-refractivity contribution is 5.27. The molecule has 0 atom stereocenters. The van der Waals surface area contributed by atoms with Gasteiger partial charge in [-0.3, -0.25) is 4.90 Å². The van der Waals surface area contributed by atoms with Gasteiger partial charge in [-0.25, -0.2) is 4.98 Å². The minimum Gasteiger partial charge on any atom is -0.336 e. The summed E-state index contributed by atoms with van der Waals surface area (Å²) in [7, 11) is 2.20. The topological polar surface area (TPSA) is 24.3 Å². The Labute approximate surface area is 133 Å². The maximum absolute atomic E-state index is 4.09. The third-order valence-electron chi connectivity index (χ3n) is 4.45. The molecule has 4 nitrogen and oxygen atoms in total. The quantitative estimate of drug-likeness (QED) is 0.785. The third kappa shape index (κ3) is 4.18. The van der Waals surface area contributed by atoms with Gasteiger partial charge in [-0.15, -0.1) is 0 Å². The molecule has 1 aliphatic rings. The Hall–Kier alpha value is -1.65. The molecular formula is C18H26N4. The average Bonchev–Trinajstić information content (AvgIpc) is 3.20. The van der Waals surface area contributed by atoms with Crippen molar-refractivity contribution < 1.29 is 0 Å². The van der Waals surface area contributed by atoms with Crippen LogP contribution in [0.3, 0.4) is 0 Å². The van der Waals surface area contributed by atoms with E-state index in [4.69, 9.17) is 0 Å². The second kappa shape index (κ2) is 7.56. The van der Waals surface area contributed by atoms with Crippen LogP contribution in [0, 0.1) is 0 Å². The van der Waals surface area contributed by atoms with Crippen LogP contribution in [0.2, 0.25) is 0 Å². The Morgan fingerprint density at radius 1 is 1.14 bits per heavy atom. The van der Waals surface area contributed by atoms with E-state index in [1.807, 2.05) is 18.7 Å². The first-order chi connectivity index (χ1) is 10.8. The van der Waals surface area contributed by atoms with Gasteiger partial charge in [0.25, 0.3) is 0 Å². The zero-order valence-corrected chi connectivity index (χ0v) is 13.5. The molecule has 4 heteroatoms. The summed E-state index contributed by atoms with van der Waals surface area (Å²) in [5.41, 5.74) is 2.95. The highest BCUT2D eigenvalue weighted by Gasteiger charge is 2.14. The lowest BCUT2D eigenvalue weighted by molar-refractivity contribution is 0.302. The average molecular weight is 298 g/mol. The second-order valence-electron chi connectivity index (χ2n) is 6.29. The van der Waals surface area contributed by atoms with Gasteiger partial charge in [-0.05, 0) is 44.1 Å². The number of likely N-dealkylation sites (tertiary alicyclic amines) is 1. The monoisotopic (exact) mass is 298 g/mol. The molecule has 1 saturated heterocycles. The van der Waals surface area contributed by atoms with Crippen molar-refractivity contribution in [2.45, 2.75) is 32.5 Å². The molecule has 1 aliphatic heterocycles. The van der Waals surface area contributed by atoms with E-state index in [2.05, 4.69) is 50.7 Å². The van der Waals surface area contributed by atoms with Gasteiger partial charge in [0, 0.05) is 38.6 Å². The number of hydrogen-bond donors (Lipinski definition) is 0. The molecule has 1 aromatic heterocycles. The van der Waals surface area contributed by atoms with Crippen molar-refractivity contribution in [3.63, 3.8) is 0 Å². The van der Waals surface area contributed by atoms with Crippen LogP contribution >= 0.6 is 0 Å². The van der Waals surface area contributed by atoms with Crippen LogP contribution in [-0.4, -0.2) is 46.0 Å². The number of hydrogen-bond acceptors (Lipinski definition) is 3. The van der Waals surface area contributed by atoms with E-state index in [1.54, 1.807) is 0 Å². The molecule has 0 unspecified atom stereocenters. The first-order valence-corrected chi connectivity index (χ1v) is 8.25. The van der Waals surface area contributed by atoms with E-state index in [9.17, 15) is 0 Å². The molecule has 2 aromatic rings. The number of benzene rings is 1. The van der Waals surface area contributed by atoms with Gasteiger partial charge in [-0.2, -0.15) is 0 Å². The Morgan fingerprint density at radius 2 is 1.91 bits per heavy atom. The molecule has 1 fully saturated rings. The highest BCUT2D eigenvalue weighted by Crippen LogP contribution is 2.17. The lowest BCUT2D eigenvalue weighted by Crippen LogP contribution is -2.24. The summed E-state index contributed by atoms with van der Waals surface area (Å²) in [5.74, 6) is 0. The fraction of sp³-hybridized carbons (Fsp3) is 0.500. The number of aromatic nitrogens is 2. The fourth-order valence-electron chi connectivity index (χ4n) is 3.12. The Morgan fingerprint density at radius 3 is 2.64 bits per heavy atom. The molecule has 0 saturated carbocycles. The van der Waals surface area contributed by atoms with Crippen LogP contribution < -0.4 is 0 Å². The van der Waals surface area contributed by atoms with Crippen LogP contribution in [-0.2, 0) is 19.6 Å². The number of nitrogens with zero attached hydrogens (tertiary/aromatic N) is 4. The molecule has 0 spiro atoms. The van der Waals surface area contributed by atoms with Crippen molar-refractivity contribution >= 4 is 0 Å². The summed E-state index contributed by atoms with van der Waals surface area (Å²) in [6.07, 6.45) is 8.45. The van der Waals surface area contributed by atoms with E-state index in [0.29, 0.717) is 0 Å². The molecule has 0 bridgehead atoms. The molecule has 0 N–H and O–H groups in total. The Balaban J connectivity index is 1.56. The summed E-state index contributed by atoms with van der Waals surface area (Å²) < 4.78 is 2.13. The van der Waals surface area contributed by atoms with Crippen LogP contribution in [0.5, 0.6) is 0 Å². The SMILES string of the molecule is CN(CCn1ccnc1)Cc1ccccc1CN1CCCC1. The summed E-state index contributed by atoms with van der Waals surface area (Å²) >= 11 is 0. The predicted molar refractivity (Wildman–Crippen MR) is 89.5 cm³/mol. The second-order valence-corrected chi connectivity index (χ2v) is 6.29. The number of likely N-dealkylation sites (N-methyl/N-ethyl adjacent to an activating group) is 1. The summed E-state index contributed by atoms with van der Waals surface area (Å²) in [6.45, 7) is 6.65. The van der Waals surface area contributed by atoms with Gasteiger partial charge in [0.2, 0.25) is 0 Å². The molecule has 0 aliphatic carbocycles. The van der Waals surface area contributed by atoms with E-state index in [1.165, 1.54) is 37.1 Å². The lowest BCUT2D eigenvalue weighted by atomic mass is 10.1. The number of imidazole rings is 1. The molecule has 118 valence electrons. The molecular weight excluding hydrogens is 272 g/mol. The first kappa shape index (κ1) is 15.3. The van der Waals surface area contributed by atoms with E-state index in [-0.39, 0.29) is 0 Å². The first-order valence-electron chi connectivity index (χ1n) is 8.25. The normalized spacial score (nSPS) is 15.7. The summed E-state index contributed by atoms with van der Waals surface area (Å²) in [4.78, 5) is 9.06. The summed E-state index contributed by atoms with van der Waals surface area (Å²) in [6, 6.07) is 8.89. The van der Waals surface area contributed by atoms with Gasteiger partial charge in [0.15, 0.2) is 0 Å². The van der Waals surface area contributed by atoms with Gasteiger partial charge in [0.1, 0.15) is 0 Å². The van der Waals surface area contributed by atoms with Crippen molar-refractivity contribution in [2.75, 3.05) is 26.7 Å². The predicted octanol–water partition coefficient (Wildman–Crippen LogP) is 2.61. The summed E-state index contributed by atoms with van der Waals surface area (Å²) in [5, 5.41) is 0. The van der Waals surface area contributed by atoms with Gasteiger partial charge in [-0.1, -0.05) is 24.3 Å². The van der Waals surface area contributed by atoms with Crippen molar-refractivity contribution in [1.82, 2.24) is 19.4 Å². The highest BCUT2D eigenvalue weighted by atomic mass is 15.1. The maximum atomic E-state index is 4.09. The molecule has 2 heterocycles. The van der Waals surface area contributed by atoms with E-state index < -0.39 is 0 Å². The van der Waals surface area contributed by atoms with Crippen LogP contribution in [0.1, 0.15) is 24.0 Å². The standard InChI is InChI=1S/C18H26N4/c1-20(12-13-22-11-8-19-16-22)14-17-6-2-3-7-18(17)15-21-9-4-5-10-21/h2-3,6-8,11,16H,4-5,9-10,12-15H2,1H3. The van der Waals surface area contributed by atoms with Crippen molar-refractivity contribution in [2.24, 2.45) is 0 Å². The van der Waals surface area contributed by atoms with Crippen LogP contribution in [0.4, 0.5) is 0 Å². The third-order valence-corrected chi connectivity index (χ3v) is 4.45. The lowest BCUT2D eigenvalue weighted by Gasteiger charge is -2.21. The van der Waals surface area contributed by atoms with Gasteiger partial charge in [0.05, 0.1) is 6.33 Å². The molecule has 0 radical (unpaired) electrons. The Bertz CT molecular complexity index is 558. The van der Waals surface area contributed by atoms with Crippen molar-refractivity contribution in [3.05, 3.63) is 54.1 Å². The molecule has 1 aromatic carbocycles. The van der Waals surface area contributed by atoms with Crippen LogP contribution in [0.15, 0.2) is 43.0 Å². The van der Waals surface area contributed by atoms with Gasteiger partial charge < -0.3 is 9.47 Å². The zero-order valence-electron chi connectivity index (χ0n) is 13.5. The zero-order chi connectivity index (χ0) is 15.2. The van der Waals surface area contributed by atoms with Crippen molar-refractivity contribution in [1.29, 1.82) is 0 Å². The minimum absolute atomic E-state index is 0.991. The van der Waals surface area contributed by atoms with Crippen LogP contribution in [0.25, 0.3) is 0 Å². The minimum atomic E-state index is 0.991. The molecule has 3 rings (SSSR count).